The number of benzene rings is 2. The van der Waals surface area contributed by atoms with Crippen LogP contribution in [0.1, 0.15) is 10.4 Å². The average Bonchev–Trinajstić information content (AvgIpc) is 2.45. The van der Waals surface area contributed by atoms with Crippen molar-refractivity contribution >= 4 is 23.2 Å². The summed E-state index contributed by atoms with van der Waals surface area (Å²) in [6, 6.07) is 12.0. The van der Waals surface area contributed by atoms with Gasteiger partial charge in [-0.2, -0.15) is 5.26 Å². The molecule has 0 saturated carbocycles. The Morgan fingerprint density at radius 3 is 2.86 bits per heavy atom. The van der Waals surface area contributed by atoms with Crippen molar-refractivity contribution in [2.75, 3.05) is 11.9 Å². The van der Waals surface area contributed by atoms with Crippen molar-refractivity contribution in [2.45, 2.75) is 0 Å². The van der Waals surface area contributed by atoms with Crippen LogP contribution in [0.5, 0.6) is 5.75 Å². The molecule has 0 spiro atoms. The average molecular weight is 305 g/mol. The van der Waals surface area contributed by atoms with Crippen LogP contribution in [0.2, 0.25) is 5.02 Å². The molecule has 0 bridgehead atoms. The lowest BCUT2D eigenvalue weighted by atomic mass is 10.2. The lowest BCUT2D eigenvalue weighted by molar-refractivity contribution is 0.102. The summed E-state index contributed by atoms with van der Waals surface area (Å²) in [5.74, 6) is -0.513. The third kappa shape index (κ3) is 3.94. The fourth-order valence-electron chi connectivity index (χ4n) is 1.65. The van der Waals surface area contributed by atoms with Gasteiger partial charge in [0.1, 0.15) is 17.6 Å². The predicted molar refractivity (Wildman–Crippen MR) is 76.9 cm³/mol. The second-order valence-corrected chi connectivity index (χ2v) is 4.46. The lowest BCUT2D eigenvalue weighted by Crippen LogP contribution is -2.12. The first-order valence-electron chi connectivity index (χ1n) is 5.96. The van der Waals surface area contributed by atoms with Gasteiger partial charge < -0.3 is 10.1 Å². The highest BCUT2D eigenvalue weighted by Gasteiger charge is 2.11. The minimum atomic E-state index is -0.511. The van der Waals surface area contributed by atoms with Crippen LogP contribution < -0.4 is 10.1 Å². The van der Waals surface area contributed by atoms with Gasteiger partial charge in [0.25, 0.3) is 5.91 Å². The number of hydrogen-bond donors (Lipinski definition) is 1. The van der Waals surface area contributed by atoms with E-state index >= 15 is 0 Å². The van der Waals surface area contributed by atoms with Crippen molar-refractivity contribution in [3.8, 4) is 11.8 Å². The van der Waals surface area contributed by atoms with Gasteiger partial charge in [0.15, 0.2) is 6.61 Å². The fraction of sp³-hybridized carbons (Fsp3) is 0.0667. The Labute approximate surface area is 125 Å². The van der Waals surface area contributed by atoms with Gasteiger partial charge in [-0.15, -0.1) is 0 Å². The van der Waals surface area contributed by atoms with Crippen molar-refractivity contribution in [1.82, 2.24) is 0 Å². The first kappa shape index (κ1) is 14.8. The van der Waals surface area contributed by atoms with Crippen LogP contribution in [0.15, 0.2) is 42.5 Å². The zero-order valence-electron chi connectivity index (χ0n) is 10.8. The van der Waals surface area contributed by atoms with E-state index in [0.29, 0.717) is 11.4 Å². The zero-order chi connectivity index (χ0) is 15.2. The summed E-state index contributed by atoms with van der Waals surface area (Å²) in [5.41, 5.74) is 0.650. The van der Waals surface area contributed by atoms with Gasteiger partial charge in [-0.05, 0) is 30.3 Å². The van der Waals surface area contributed by atoms with Gasteiger partial charge in [0.05, 0.1) is 10.6 Å². The number of rotatable bonds is 4. The van der Waals surface area contributed by atoms with Crippen LogP contribution in [-0.2, 0) is 0 Å². The first-order chi connectivity index (χ1) is 10.1. The largest absolute Gasteiger partial charge is 0.479 e. The van der Waals surface area contributed by atoms with Gasteiger partial charge in [0.2, 0.25) is 0 Å². The fourth-order valence-corrected chi connectivity index (χ4v) is 1.90. The van der Waals surface area contributed by atoms with E-state index in [1.807, 2.05) is 6.07 Å². The number of carbonyl (C=O) groups excluding carboxylic acids is 1. The molecule has 0 radical (unpaired) electrons. The summed E-state index contributed by atoms with van der Waals surface area (Å²) >= 11 is 5.83. The van der Waals surface area contributed by atoms with Crippen molar-refractivity contribution in [2.24, 2.45) is 0 Å². The van der Waals surface area contributed by atoms with Crippen LogP contribution in [0.25, 0.3) is 0 Å². The summed E-state index contributed by atoms with van der Waals surface area (Å²) in [5, 5.41) is 11.1. The number of carbonyl (C=O) groups is 1. The number of anilines is 1. The highest BCUT2D eigenvalue weighted by Crippen LogP contribution is 2.21. The molecule has 0 aliphatic carbocycles. The van der Waals surface area contributed by atoms with Crippen LogP contribution in [0.3, 0.4) is 0 Å². The predicted octanol–water partition coefficient (Wildman–Crippen LogP) is 3.63. The monoisotopic (exact) mass is 304 g/mol. The molecule has 0 aliphatic rings. The SMILES string of the molecule is N#CCOc1cccc(NC(=O)c2ccc(F)cc2Cl)c1. The van der Waals surface area contributed by atoms with Crippen molar-refractivity contribution < 1.29 is 13.9 Å². The maximum absolute atomic E-state index is 13.0. The minimum Gasteiger partial charge on any atom is -0.479 e. The zero-order valence-corrected chi connectivity index (χ0v) is 11.5. The quantitative estimate of drug-likeness (QED) is 0.938. The maximum Gasteiger partial charge on any atom is 0.257 e. The van der Waals surface area contributed by atoms with E-state index in [4.69, 9.17) is 21.6 Å². The van der Waals surface area contributed by atoms with E-state index in [0.717, 1.165) is 12.1 Å². The van der Waals surface area contributed by atoms with Crippen LogP contribution in [0, 0.1) is 17.1 Å². The van der Waals surface area contributed by atoms with Crippen LogP contribution in [-0.4, -0.2) is 12.5 Å². The third-order valence-corrected chi connectivity index (χ3v) is 2.88. The van der Waals surface area contributed by atoms with Crippen LogP contribution >= 0.6 is 11.6 Å². The lowest BCUT2D eigenvalue weighted by Gasteiger charge is -2.08. The Hall–Kier alpha value is -2.58. The van der Waals surface area contributed by atoms with E-state index in [1.165, 1.54) is 6.07 Å². The van der Waals surface area contributed by atoms with Crippen molar-refractivity contribution in [3.05, 3.63) is 58.9 Å². The van der Waals surface area contributed by atoms with E-state index in [1.54, 1.807) is 24.3 Å². The van der Waals surface area contributed by atoms with Crippen molar-refractivity contribution in [3.63, 3.8) is 0 Å². The molecule has 0 atom stereocenters. The van der Waals surface area contributed by atoms with E-state index < -0.39 is 11.7 Å². The van der Waals surface area contributed by atoms with Crippen LogP contribution in [0.4, 0.5) is 10.1 Å². The number of amides is 1. The number of nitriles is 1. The van der Waals surface area contributed by atoms with E-state index in [2.05, 4.69) is 5.32 Å². The molecule has 4 nitrogen and oxygen atoms in total. The molecule has 0 aromatic heterocycles. The minimum absolute atomic E-state index is 0.0318. The molecule has 106 valence electrons. The number of hydrogen-bond acceptors (Lipinski definition) is 3. The number of nitrogens with zero attached hydrogens (tertiary/aromatic N) is 1. The standard InChI is InChI=1S/C15H10ClFN2O2/c16-14-8-10(17)4-5-13(14)15(20)19-11-2-1-3-12(9-11)21-7-6-18/h1-5,8-9H,7H2,(H,19,20). The molecule has 2 rings (SSSR count). The maximum atomic E-state index is 13.0. The van der Waals surface area contributed by atoms with Crippen molar-refractivity contribution in [1.29, 1.82) is 5.26 Å². The second-order valence-electron chi connectivity index (χ2n) is 4.05. The Balaban J connectivity index is 2.14. The molecule has 0 aliphatic heterocycles. The molecule has 0 saturated heterocycles. The molecule has 2 aromatic carbocycles. The highest BCUT2D eigenvalue weighted by atomic mass is 35.5. The molecule has 2 aromatic rings. The summed E-state index contributed by atoms with van der Waals surface area (Å²) in [7, 11) is 0. The topological polar surface area (TPSA) is 62.1 Å². The van der Waals surface area contributed by atoms with Gasteiger partial charge in [0, 0.05) is 11.8 Å². The number of ether oxygens (including phenoxy) is 1. The molecule has 0 heterocycles. The van der Waals surface area contributed by atoms with Gasteiger partial charge in [-0.3, -0.25) is 4.79 Å². The Morgan fingerprint density at radius 1 is 1.33 bits per heavy atom. The molecule has 21 heavy (non-hydrogen) atoms. The van der Waals surface area contributed by atoms with Gasteiger partial charge in [-0.1, -0.05) is 17.7 Å². The molecule has 6 heteroatoms. The molecular weight excluding hydrogens is 295 g/mol. The smallest absolute Gasteiger partial charge is 0.257 e. The molecule has 1 N–H and O–H groups in total. The molecule has 0 unspecified atom stereocenters. The normalized spacial score (nSPS) is 9.76. The Kier molecular flexibility index (Phi) is 4.75. The van der Waals surface area contributed by atoms with E-state index in [-0.39, 0.29) is 17.2 Å². The second kappa shape index (κ2) is 6.73. The molecule has 0 fully saturated rings. The number of nitrogens with one attached hydrogen (secondary N) is 1. The Morgan fingerprint density at radius 2 is 2.14 bits per heavy atom. The summed E-state index contributed by atoms with van der Waals surface area (Å²) in [4.78, 5) is 12.1. The van der Waals surface area contributed by atoms with Gasteiger partial charge >= 0.3 is 0 Å². The summed E-state index contributed by atoms with van der Waals surface area (Å²) < 4.78 is 18.1. The molecule has 1 amide bonds. The van der Waals surface area contributed by atoms with Gasteiger partial charge in [-0.25, -0.2) is 4.39 Å². The number of halogens is 2. The first-order valence-corrected chi connectivity index (χ1v) is 6.34. The summed E-state index contributed by atoms with van der Waals surface area (Å²) in [6.07, 6.45) is 0. The highest BCUT2D eigenvalue weighted by molar-refractivity contribution is 6.34. The summed E-state index contributed by atoms with van der Waals surface area (Å²) in [6.45, 7) is -0.0822. The third-order valence-electron chi connectivity index (χ3n) is 2.57. The molecular formula is C15H10ClFN2O2. The van der Waals surface area contributed by atoms with E-state index in [9.17, 15) is 9.18 Å². The Bertz CT molecular complexity index is 713.